The zero-order chi connectivity index (χ0) is 19.1. The Balaban J connectivity index is 1.37. The second kappa shape index (κ2) is 6.94. The lowest BCUT2D eigenvalue weighted by molar-refractivity contribution is 0.00652. The summed E-state index contributed by atoms with van der Waals surface area (Å²) >= 11 is 0. The average molecular weight is 381 g/mol. The first kappa shape index (κ1) is 17.2. The first-order valence-electron chi connectivity index (χ1n) is 9.52. The predicted molar refractivity (Wildman–Crippen MR) is 101 cm³/mol. The van der Waals surface area contributed by atoms with Gasteiger partial charge in [0.15, 0.2) is 6.17 Å². The third-order valence-electron chi connectivity index (χ3n) is 5.55. The number of fused-ring (bicyclic) bond motifs is 3. The van der Waals surface area contributed by atoms with E-state index in [4.69, 9.17) is 4.74 Å². The highest BCUT2D eigenvalue weighted by Crippen LogP contribution is 2.32. The lowest BCUT2D eigenvalue weighted by Gasteiger charge is -2.42. The lowest BCUT2D eigenvalue weighted by Crippen LogP contribution is -2.59. The largest absolute Gasteiger partial charge is 0.507 e. The molecule has 8 heteroatoms. The highest BCUT2D eigenvalue weighted by molar-refractivity contribution is 5.84. The van der Waals surface area contributed by atoms with Crippen LogP contribution in [0.25, 0.3) is 22.3 Å². The Labute approximate surface area is 161 Å². The van der Waals surface area contributed by atoms with Crippen molar-refractivity contribution in [1.82, 2.24) is 25.5 Å². The number of phenolic OH excluding ortho intramolecular Hbond substituents is 1. The number of halogens is 1. The quantitative estimate of drug-likeness (QED) is 0.721. The molecule has 7 nitrogen and oxygen atoms in total. The van der Waals surface area contributed by atoms with Crippen LogP contribution in [-0.4, -0.2) is 49.6 Å². The number of aromatic hydroxyl groups is 1. The maximum absolute atomic E-state index is 14.7. The Morgan fingerprint density at radius 2 is 1.89 bits per heavy atom. The summed E-state index contributed by atoms with van der Waals surface area (Å²) in [5, 5.41) is 21.9. The van der Waals surface area contributed by atoms with Crippen LogP contribution in [0.15, 0.2) is 36.7 Å². The smallest absolute Gasteiger partial charge is 0.233 e. The first-order chi connectivity index (χ1) is 13.7. The molecule has 0 spiro atoms. The third-order valence-corrected chi connectivity index (χ3v) is 5.55. The number of hydrogen-bond donors (Lipinski definition) is 2. The van der Waals surface area contributed by atoms with Crippen molar-refractivity contribution in [3.8, 4) is 22.9 Å². The van der Waals surface area contributed by atoms with E-state index in [1.54, 1.807) is 36.7 Å². The molecule has 2 bridgehead atoms. The maximum atomic E-state index is 14.7. The summed E-state index contributed by atoms with van der Waals surface area (Å²) < 4.78 is 20.5. The molecule has 2 aliphatic rings. The predicted octanol–water partition coefficient (Wildman–Crippen LogP) is 2.79. The van der Waals surface area contributed by atoms with E-state index in [9.17, 15) is 9.50 Å². The van der Waals surface area contributed by atoms with Crippen molar-refractivity contribution in [2.24, 2.45) is 0 Å². The number of nitrogens with one attached hydrogen (secondary N) is 1. The van der Waals surface area contributed by atoms with E-state index in [1.807, 2.05) is 0 Å². The molecule has 0 aliphatic carbocycles. The van der Waals surface area contributed by atoms with E-state index < -0.39 is 12.3 Å². The zero-order valence-corrected chi connectivity index (χ0v) is 15.1. The number of phenols is 1. The Bertz CT molecular complexity index is 1000. The molecule has 2 aromatic heterocycles. The van der Waals surface area contributed by atoms with Crippen LogP contribution in [0.4, 0.5) is 4.39 Å². The van der Waals surface area contributed by atoms with Crippen LogP contribution in [0.3, 0.4) is 0 Å². The van der Waals surface area contributed by atoms with Gasteiger partial charge in [-0.3, -0.25) is 9.97 Å². The van der Waals surface area contributed by atoms with Crippen molar-refractivity contribution in [3.05, 3.63) is 36.7 Å². The number of piperidine rings is 2. The SMILES string of the molecule is Oc1cc2nccnc2cc1-c1ccc(O[C@@H]2CC3CCCC(N3)[C@@H]2F)nn1. The van der Waals surface area contributed by atoms with Gasteiger partial charge in [-0.1, -0.05) is 6.42 Å². The average Bonchev–Trinajstić information content (AvgIpc) is 2.72. The molecule has 144 valence electrons. The van der Waals surface area contributed by atoms with Crippen LogP contribution in [0, 0.1) is 0 Å². The highest BCUT2D eigenvalue weighted by atomic mass is 19.1. The fraction of sp³-hybridized carbons (Fsp3) is 0.400. The second-order valence-corrected chi connectivity index (χ2v) is 7.41. The Hall–Kier alpha value is -2.87. The minimum atomic E-state index is -1.05. The number of ether oxygens (including phenoxy) is 1. The molecule has 2 N–H and O–H groups in total. The fourth-order valence-corrected chi connectivity index (χ4v) is 4.16. The van der Waals surface area contributed by atoms with Crippen LogP contribution < -0.4 is 10.1 Å². The molecule has 3 aromatic rings. The number of nitrogens with zero attached hydrogens (tertiary/aromatic N) is 4. The second-order valence-electron chi connectivity index (χ2n) is 7.41. The summed E-state index contributed by atoms with van der Waals surface area (Å²) in [6.07, 6.45) is 5.18. The molecule has 2 fully saturated rings. The molecule has 0 amide bonds. The summed E-state index contributed by atoms with van der Waals surface area (Å²) in [7, 11) is 0. The van der Waals surface area contributed by atoms with Crippen LogP contribution in [0.5, 0.6) is 11.6 Å². The van der Waals surface area contributed by atoms with E-state index in [1.165, 1.54) is 0 Å². The van der Waals surface area contributed by atoms with Crippen LogP contribution >= 0.6 is 0 Å². The van der Waals surface area contributed by atoms with Gasteiger partial charge in [-0.25, -0.2) is 4.39 Å². The topological polar surface area (TPSA) is 93.1 Å². The third kappa shape index (κ3) is 3.13. The van der Waals surface area contributed by atoms with Gasteiger partial charge in [0.05, 0.1) is 16.7 Å². The summed E-state index contributed by atoms with van der Waals surface area (Å²) in [6, 6.07) is 6.79. The molecule has 4 heterocycles. The number of aromatic nitrogens is 4. The normalized spacial score (nSPS) is 26.9. The first-order valence-corrected chi connectivity index (χ1v) is 9.52. The molecule has 0 radical (unpaired) electrons. The Morgan fingerprint density at radius 3 is 2.68 bits per heavy atom. The van der Waals surface area contributed by atoms with Crippen LogP contribution in [0.2, 0.25) is 0 Å². The van der Waals surface area contributed by atoms with Crippen molar-refractivity contribution in [2.45, 2.75) is 50.0 Å². The van der Waals surface area contributed by atoms with Gasteiger partial charge in [-0.15, -0.1) is 10.2 Å². The summed E-state index contributed by atoms with van der Waals surface area (Å²) in [5.74, 6) is 0.336. The number of benzene rings is 1. The van der Waals surface area contributed by atoms with Gasteiger partial charge in [-0.05, 0) is 25.0 Å². The molecule has 28 heavy (non-hydrogen) atoms. The summed E-state index contributed by atoms with van der Waals surface area (Å²) in [5.41, 5.74) is 2.24. The van der Waals surface area contributed by atoms with E-state index in [0.29, 0.717) is 34.8 Å². The van der Waals surface area contributed by atoms with E-state index in [0.717, 1.165) is 19.3 Å². The molecular weight excluding hydrogens is 361 g/mol. The van der Waals surface area contributed by atoms with Crippen molar-refractivity contribution in [1.29, 1.82) is 0 Å². The molecular formula is C20H20FN5O2. The minimum absolute atomic E-state index is 0.0472. The van der Waals surface area contributed by atoms with Crippen molar-refractivity contribution in [3.63, 3.8) is 0 Å². The van der Waals surface area contributed by atoms with E-state index in [-0.39, 0.29) is 17.7 Å². The van der Waals surface area contributed by atoms with Gasteiger partial charge in [0.25, 0.3) is 0 Å². The lowest BCUT2D eigenvalue weighted by atomic mass is 9.84. The highest BCUT2D eigenvalue weighted by Gasteiger charge is 2.41. The van der Waals surface area contributed by atoms with Gasteiger partial charge in [0.2, 0.25) is 5.88 Å². The molecule has 1 aromatic carbocycles. The minimum Gasteiger partial charge on any atom is -0.507 e. The monoisotopic (exact) mass is 381 g/mol. The van der Waals surface area contributed by atoms with Gasteiger partial charge in [0.1, 0.15) is 11.9 Å². The molecule has 2 aliphatic heterocycles. The van der Waals surface area contributed by atoms with Gasteiger partial charge in [0, 0.05) is 48.6 Å². The zero-order valence-electron chi connectivity index (χ0n) is 15.1. The molecule has 4 atom stereocenters. The number of alkyl halides is 1. The van der Waals surface area contributed by atoms with Crippen molar-refractivity contribution < 1.29 is 14.2 Å². The van der Waals surface area contributed by atoms with Crippen LogP contribution in [-0.2, 0) is 0 Å². The number of hydrogen-bond acceptors (Lipinski definition) is 7. The Kier molecular flexibility index (Phi) is 4.27. The molecule has 5 rings (SSSR count). The summed E-state index contributed by atoms with van der Waals surface area (Å²) in [4.78, 5) is 8.41. The van der Waals surface area contributed by atoms with E-state index >= 15 is 0 Å². The van der Waals surface area contributed by atoms with Gasteiger partial charge in [-0.2, -0.15) is 0 Å². The Morgan fingerprint density at radius 1 is 1.07 bits per heavy atom. The van der Waals surface area contributed by atoms with Crippen LogP contribution in [0.1, 0.15) is 25.7 Å². The van der Waals surface area contributed by atoms with Gasteiger partial charge >= 0.3 is 0 Å². The maximum Gasteiger partial charge on any atom is 0.233 e. The molecule has 0 saturated carbocycles. The standard InChI is InChI=1S/C20H20FN5O2/c21-20-14-3-1-2-11(24-14)8-18(20)28-19-5-4-13(25-26-19)12-9-15-16(10-17(12)27)23-7-6-22-15/h4-7,9-11,14,18,20,24,27H,1-3,8H2/t11?,14?,18-,20+/m1/s1. The van der Waals surface area contributed by atoms with Crippen molar-refractivity contribution in [2.75, 3.05) is 0 Å². The number of rotatable bonds is 3. The summed E-state index contributed by atoms with van der Waals surface area (Å²) in [6.45, 7) is 0. The van der Waals surface area contributed by atoms with Crippen molar-refractivity contribution >= 4 is 11.0 Å². The van der Waals surface area contributed by atoms with E-state index in [2.05, 4.69) is 25.5 Å². The van der Waals surface area contributed by atoms with Gasteiger partial charge < -0.3 is 15.2 Å². The molecule has 2 unspecified atom stereocenters. The fourth-order valence-electron chi connectivity index (χ4n) is 4.16. The molecule has 2 saturated heterocycles.